The fourth-order valence-electron chi connectivity index (χ4n) is 4.00. The molecule has 0 saturated heterocycles. The van der Waals surface area contributed by atoms with E-state index in [9.17, 15) is 19.5 Å². The number of guanidine groups is 1. The Balaban J connectivity index is 1.57. The van der Waals surface area contributed by atoms with Crippen LogP contribution < -0.4 is 21.7 Å². The molecule has 1 saturated carbocycles. The molecule has 2 aromatic carbocycles. The Morgan fingerprint density at radius 3 is 2.42 bits per heavy atom. The number of nitriles is 1. The number of nitrogens with zero attached hydrogens (tertiary/aromatic N) is 2. The van der Waals surface area contributed by atoms with Crippen molar-refractivity contribution >= 4 is 52.6 Å². The Kier molecular flexibility index (Phi) is 9.11. The topological polar surface area (TPSA) is 170 Å². The molecule has 0 heterocycles. The summed E-state index contributed by atoms with van der Waals surface area (Å²) in [6, 6.07) is 10.0. The molecule has 12 heteroatoms. The lowest BCUT2D eigenvalue weighted by molar-refractivity contribution is -0.139. The monoisotopic (exact) mass is 530 g/mol. The van der Waals surface area contributed by atoms with Crippen molar-refractivity contribution in [3.8, 4) is 6.19 Å². The third-order valence-electron chi connectivity index (χ3n) is 5.78. The van der Waals surface area contributed by atoms with Gasteiger partial charge in [-0.3, -0.25) is 9.59 Å². The fraction of sp³-hybridized carbons (Fsp3) is 0.292. The average molecular weight is 531 g/mol. The number of carbonyl (C=O) groups is 3. The quantitative estimate of drug-likeness (QED) is 0.198. The van der Waals surface area contributed by atoms with Crippen LogP contribution in [0.25, 0.3) is 0 Å². The van der Waals surface area contributed by atoms with Crippen molar-refractivity contribution in [3.05, 3.63) is 63.6 Å². The van der Waals surface area contributed by atoms with Crippen molar-refractivity contribution in [1.82, 2.24) is 10.6 Å². The molecular formula is C24H24Cl2N6O4. The van der Waals surface area contributed by atoms with Crippen molar-refractivity contribution in [2.75, 3.05) is 5.32 Å². The van der Waals surface area contributed by atoms with Crippen LogP contribution in [0.2, 0.25) is 10.0 Å². The predicted molar refractivity (Wildman–Crippen MR) is 136 cm³/mol. The standard InChI is InChI=1S/C24H24Cl2N6O4/c25-17-2-1-3-18(26)20(17)22(34)32-19(23(35)36)10-13-4-7-15(8-5-13)30-21(33)14-6-9-16(11-14)31-24(28)29-12-27/h1-5,7-8,14,16,19H,6,9-11H2,(H,30,33)(H,32,34)(H,35,36)(H3,28,29,31)/t14-,16+,19-/m0/s1. The van der Waals surface area contributed by atoms with E-state index in [0.29, 0.717) is 24.1 Å². The first-order valence-electron chi connectivity index (χ1n) is 11.0. The van der Waals surface area contributed by atoms with Crippen LogP contribution in [-0.2, 0) is 16.0 Å². The Morgan fingerprint density at radius 2 is 1.81 bits per heavy atom. The molecule has 10 nitrogen and oxygen atoms in total. The summed E-state index contributed by atoms with van der Waals surface area (Å²) in [5.41, 5.74) is 6.80. The number of aliphatic imine (C=N–C) groups is 1. The van der Waals surface area contributed by atoms with Gasteiger partial charge in [0, 0.05) is 24.1 Å². The Morgan fingerprint density at radius 1 is 1.14 bits per heavy atom. The fourth-order valence-corrected chi connectivity index (χ4v) is 4.56. The van der Waals surface area contributed by atoms with E-state index in [4.69, 9.17) is 34.2 Å². The third-order valence-corrected chi connectivity index (χ3v) is 6.41. The van der Waals surface area contributed by atoms with Crippen LogP contribution in [-0.4, -0.2) is 40.9 Å². The number of benzene rings is 2. The molecule has 0 aliphatic heterocycles. The zero-order chi connectivity index (χ0) is 26.2. The highest BCUT2D eigenvalue weighted by Gasteiger charge is 2.30. The molecule has 0 bridgehead atoms. The van der Waals surface area contributed by atoms with Crippen LogP contribution in [0.4, 0.5) is 5.69 Å². The second-order valence-electron chi connectivity index (χ2n) is 8.30. The molecular weight excluding hydrogens is 507 g/mol. The number of aliphatic carboxylic acids is 1. The molecule has 3 rings (SSSR count). The highest BCUT2D eigenvalue weighted by molar-refractivity contribution is 6.39. The second-order valence-corrected chi connectivity index (χ2v) is 9.11. The summed E-state index contributed by atoms with van der Waals surface area (Å²) in [7, 11) is 0. The first kappa shape index (κ1) is 26.8. The van der Waals surface area contributed by atoms with Gasteiger partial charge in [0.15, 0.2) is 0 Å². The number of amides is 2. The molecule has 2 amide bonds. The molecule has 0 radical (unpaired) electrons. The van der Waals surface area contributed by atoms with Crippen LogP contribution in [0.5, 0.6) is 0 Å². The molecule has 0 unspecified atom stereocenters. The molecule has 0 spiro atoms. The first-order valence-corrected chi connectivity index (χ1v) is 11.8. The minimum absolute atomic E-state index is 0.00882. The van der Waals surface area contributed by atoms with Crippen molar-refractivity contribution in [2.24, 2.45) is 16.6 Å². The first-order chi connectivity index (χ1) is 17.2. The summed E-state index contributed by atoms with van der Waals surface area (Å²) in [6.45, 7) is 0. The van der Waals surface area contributed by atoms with Gasteiger partial charge in [-0.05, 0) is 49.1 Å². The summed E-state index contributed by atoms with van der Waals surface area (Å²) in [6.07, 6.45) is 3.56. The zero-order valence-corrected chi connectivity index (χ0v) is 20.5. The maximum absolute atomic E-state index is 12.6. The molecule has 36 heavy (non-hydrogen) atoms. The highest BCUT2D eigenvalue weighted by atomic mass is 35.5. The Bertz CT molecular complexity index is 1190. The maximum atomic E-state index is 12.6. The van der Waals surface area contributed by atoms with Crippen molar-refractivity contribution in [1.29, 1.82) is 5.26 Å². The predicted octanol–water partition coefficient (Wildman–Crippen LogP) is 2.91. The van der Waals surface area contributed by atoms with Gasteiger partial charge in [-0.1, -0.05) is 41.4 Å². The van der Waals surface area contributed by atoms with Crippen LogP contribution in [0, 0.1) is 17.4 Å². The van der Waals surface area contributed by atoms with Gasteiger partial charge < -0.3 is 26.8 Å². The number of nitrogens with one attached hydrogen (secondary N) is 3. The SMILES string of the molecule is N#C/N=C(\N)N[C@@H]1CC[C@H](C(=O)Nc2ccc(C[C@H](NC(=O)c3c(Cl)cccc3Cl)C(=O)O)cc2)C1. The number of halogens is 2. The minimum atomic E-state index is -1.22. The van der Waals surface area contributed by atoms with Crippen molar-refractivity contribution < 1.29 is 19.5 Å². The number of nitrogens with two attached hydrogens (primary N) is 1. The minimum Gasteiger partial charge on any atom is -0.480 e. The van der Waals surface area contributed by atoms with Crippen LogP contribution >= 0.6 is 23.2 Å². The lowest BCUT2D eigenvalue weighted by Crippen LogP contribution is -2.42. The number of carbonyl (C=O) groups excluding carboxylic acids is 2. The summed E-state index contributed by atoms with van der Waals surface area (Å²) in [4.78, 5) is 40.4. The van der Waals surface area contributed by atoms with Crippen LogP contribution in [0.3, 0.4) is 0 Å². The zero-order valence-electron chi connectivity index (χ0n) is 19.0. The van der Waals surface area contributed by atoms with Gasteiger partial charge in [-0.25, -0.2) is 4.79 Å². The third kappa shape index (κ3) is 7.10. The van der Waals surface area contributed by atoms with E-state index in [1.807, 2.05) is 0 Å². The van der Waals surface area contributed by atoms with E-state index in [1.165, 1.54) is 12.1 Å². The van der Waals surface area contributed by atoms with Crippen LogP contribution in [0.15, 0.2) is 47.5 Å². The van der Waals surface area contributed by atoms with Gasteiger partial charge in [-0.2, -0.15) is 5.26 Å². The lowest BCUT2D eigenvalue weighted by atomic mass is 10.0. The summed E-state index contributed by atoms with van der Waals surface area (Å²) >= 11 is 12.1. The molecule has 1 aliphatic rings. The van der Waals surface area contributed by atoms with Gasteiger partial charge in [0.25, 0.3) is 5.91 Å². The van der Waals surface area contributed by atoms with E-state index >= 15 is 0 Å². The van der Waals surface area contributed by atoms with E-state index in [-0.39, 0.29) is 45.9 Å². The van der Waals surface area contributed by atoms with Crippen molar-refractivity contribution in [2.45, 2.75) is 37.8 Å². The van der Waals surface area contributed by atoms with Gasteiger partial charge in [0.1, 0.15) is 6.04 Å². The molecule has 0 aromatic heterocycles. The highest BCUT2D eigenvalue weighted by Crippen LogP contribution is 2.27. The van der Waals surface area contributed by atoms with E-state index in [1.54, 1.807) is 36.5 Å². The number of hydrogen-bond acceptors (Lipinski definition) is 5. The van der Waals surface area contributed by atoms with E-state index in [2.05, 4.69) is 20.9 Å². The number of carboxylic acid groups (broad SMARTS) is 1. The summed E-state index contributed by atoms with van der Waals surface area (Å²) < 4.78 is 0. The molecule has 1 fully saturated rings. The van der Waals surface area contributed by atoms with Crippen molar-refractivity contribution in [3.63, 3.8) is 0 Å². The van der Waals surface area contributed by atoms with Gasteiger partial charge in [0.05, 0.1) is 15.6 Å². The molecule has 1 aliphatic carbocycles. The lowest BCUT2D eigenvalue weighted by Gasteiger charge is -2.16. The number of carboxylic acids is 1. The van der Waals surface area contributed by atoms with Gasteiger partial charge in [-0.15, -0.1) is 4.99 Å². The maximum Gasteiger partial charge on any atom is 0.326 e. The number of hydrogen-bond donors (Lipinski definition) is 5. The largest absolute Gasteiger partial charge is 0.480 e. The molecule has 6 N–H and O–H groups in total. The van der Waals surface area contributed by atoms with E-state index in [0.717, 1.165) is 6.42 Å². The number of rotatable bonds is 8. The van der Waals surface area contributed by atoms with Crippen LogP contribution in [0.1, 0.15) is 35.2 Å². The second kappa shape index (κ2) is 12.2. The Hall–Kier alpha value is -3.81. The van der Waals surface area contributed by atoms with Gasteiger partial charge in [0.2, 0.25) is 18.1 Å². The number of anilines is 1. The smallest absolute Gasteiger partial charge is 0.326 e. The molecule has 188 valence electrons. The average Bonchev–Trinajstić information content (AvgIpc) is 3.28. The summed E-state index contributed by atoms with van der Waals surface area (Å²) in [5, 5.41) is 26.6. The Labute approximate surface area is 217 Å². The normalized spacial score (nSPS) is 18.1. The van der Waals surface area contributed by atoms with E-state index < -0.39 is 17.9 Å². The molecule has 2 aromatic rings. The summed E-state index contributed by atoms with van der Waals surface area (Å²) in [5.74, 6) is -2.24. The molecule has 3 atom stereocenters. The van der Waals surface area contributed by atoms with Gasteiger partial charge >= 0.3 is 5.97 Å².